The standard InChI is InChI=1S/C25H21FN2O4/c1-3-23-24(18-9-15-22(16-10-18)30-21-7-5-4-6-8-21)28(20-13-11-19(26)12-14-20)27-25(23)32-31-17(2)29/h4-16H,3H2,1-2H3. The van der Waals surface area contributed by atoms with E-state index in [0.29, 0.717) is 17.9 Å². The van der Waals surface area contributed by atoms with Crippen molar-refractivity contribution in [1.82, 2.24) is 9.78 Å². The minimum atomic E-state index is -0.590. The molecule has 1 aromatic heterocycles. The Morgan fingerprint density at radius 1 is 0.938 bits per heavy atom. The van der Waals surface area contributed by atoms with Crippen LogP contribution in [0.5, 0.6) is 17.4 Å². The molecule has 0 amide bonds. The fourth-order valence-corrected chi connectivity index (χ4v) is 3.29. The van der Waals surface area contributed by atoms with E-state index in [-0.39, 0.29) is 11.7 Å². The maximum atomic E-state index is 13.5. The largest absolute Gasteiger partial charge is 0.457 e. The fraction of sp³-hybridized carbons (Fsp3) is 0.120. The van der Waals surface area contributed by atoms with E-state index >= 15 is 0 Å². The Balaban J connectivity index is 1.75. The number of halogens is 1. The van der Waals surface area contributed by atoms with E-state index < -0.39 is 5.97 Å². The first-order valence-electron chi connectivity index (χ1n) is 10.1. The first-order valence-corrected chi connectivity index (χ1v) is 10.1. The van der Waals surface area contributed by atoms with Crippen molar-refractivity contribution in [3.8, 4) is 34.3 Å². The highest BCUT2D eigenvalue weighted by atomic mass is 19.1. The molecule has 162 valence electrons. The van der Waals surface area contributed by atoms with E-state index in [1.807, 2.05) is 61.5 Å². The van der Waals surface area contributed by atoms with Crippen LogP contribution < -0.4 is 9.62 Å². The van der Waals surface area contributed by atoms with E-state index in [1.54, 1.807) is 16.8 Å². The van der Waals surface area contributed by atoms with Gasteiger partial charge in [-0.2, -0.15) is 0 Å². The Morgan fingerprint density at radius 2 is 1.59 bits per heavy atom. The molecule has 0 bridgehead atoms. The lowest BCUT2D eigenvalue weighted by atomic mass is 10.1. The minimum absolute atomic E-state index is 0.173. The molecule has 3 aromatic carbocycles. The van der Waals surface area contributed by atoms with E-state index in [2.05, 4.69) is 5.10 Å². The third kappa shape index (κ3) is 4.62. The van der Waals surface area contributed by atoms with Crippen LogP contribution in [0.1, 0.15) is 19.4 Å². The Kier molecular flexibility index (Phi) is 6.17. The van der Waals surface area contributed by atoms with Crippen LogP contribution in [0.3, 0.4) is 0 Å². The molecule has 7 heteroatoms. The highest BCUT2D eigenvalue weighted by Gasteiger charge is 2.22. The minimum Gasteiger partial charge on any atom is -0.457 e. The second kappa shape index (κ2) is 9.34. The summed E-state index contributed by atoms with van der Waals surface area (Å²) >= 11 is 0. The zero-order chi connectivity index (χ0) is 22.5. The number of rotatable bonds is 7. The molecule has 0 fully saturated rings. The van der Waals surface area contributed by atoms with Crippen LogP contribution in [0.4, 0.5) is 4.39 Å². The van der Waals surface area contributed by atoms with E-state index in [1.165, 1.54) is 19.1 Å². The molecule has 4 aromatic rings. The van der Waals surface area contributed by atoms with Crippen LogP contribution in [0.2, 0.25) is 0 Å². The van der Waals surface area contributed by atoms with Gasteiger partial charge in [0.05, 0.1) is 11.4 Å². The monoisotopic (exact) mass is 432 g/mol. The van der Waals surface area contributed by atoms with Gasteiger partial charge < -0.3 is 4.74 Å². The molecule has 0 saturated carbocycles. The van der Waals surface area contributed by atoms with Gasteiger partial charge in [0.2, 0.25) is 0 Å². The van der Waals surface area contributed by atoms with E-state index in [0.717, 1.165) is 22.6 Å². The van der Waals surface area contributed by atoms with Gasteiger partial charge in [0.1, 0.15) is 17.3 Å². The van der Waals surface area contributed by atoms with E-state index in [9.17, 15) is 9.18 Å². The van der Waals surface area contributed by atoms with Gasteiger partial charge in [0, 0.05) is 18.1 Å². The van der Waals surface area contributed by atoms with Crippen molar-refractivity contribution in [2.45, 2.75) is 20.3 Å². The number of nitrogens with zero attached hydrogens (tertiary/aromatic N) is 2. The molecule has 1 heterocycles. The Bertz CT molecular complexity index is 1200. The van der Waals surface area contributed by atoms with Gasteiger partial charge in [0.25, 0.3) is 5.88 Å². The predicted molar refractivity (Wildman–Crippen MR) is 117 cm³/mol. The van der Waals surface area contributed by atoms with Gasteiger partial charge in [-0.3, -0.25) is 4.89 Å². The topological polar surface area (TPSA) is 62.6 Å². The number of carbonyl (C=O) groups excluding carboxylic acids is 1. The molecule has 0 unspecified atom stereocenters. The van der Waals surface area contributed by atoms with Gasteiger partial charge in [0.15, 0.2) is 0 Å². The maximum absolute atomic E-state index is 13.5. The molecule has 6 nitrogen and oxygen atoms in total. The lowest BCUT2D eigenvalue weighted by Crippen LogP contribution is -2.04. The molecule has 0 spiro atoms. The lowest BCUT2D eigenvalue weighted by Gasteiger charge is -2.11. The van der Waals surface area contributed by atoms with Crippen molar-refractivity contribution < 1.29 is 23.7 Å². The number of carbonyl (C=O) groups is 1. The number of benzene rings is 3. The number of hydrogen-bond donors (Lipinski definition) is 0. The molecule has 32 heavy (non-hydrogen) atoms. The first-order chi connectivity index (χ1) is 15.5. The van der Waals surface area contributed by atoms with Crippen LogP contribution >= 0.6 is 0 Å². The smallest absolute Gasteiger partial charge is 0.352 e. The quantitative estimate of drug-likeness (QED) is 0.269. The SMILES string of the molecule is CCc1c(OOC(C)=O)nn(-c2ccc(F)cc2)c1-c1ccc(Oc2ccccc2)cc1. The van der Waals surface area contributed by atoms with Crippen LogP contribution in [-0.4, -0.2) is 15.7 Å². The number of hydrogen-bond acceptors (Lipinski definition) is 5. The Labute approximate surface area is 184 Å². The third-order valence-corrected chi connectivity index (χ3v) is 4.72. The molecule has 0 saturated heterocycles. The molecule has 0 aliphatic carbocycles. The highest BCUT2D eigenvalue weighted by molar-refractivity contribution is 5.69. The van der Waals surface area contributed by atoms with Gasteiger partial charge in [-0.1, -0.05) is 25.1 Å². The number of aromatic nitrogens is 2. The van der Waals surface area contributed by atoms with Gasteiger partial charge in [-0.25, -0.2) is 18.8 Å². The zero-order valence-corrected chi connectivity index (χ0v) is 17.6. The van der Waals surface area contributed by atoms with Crippen LogP contribution in [0, 0.1) is 5.82 Å². The summed E-state index contributed by atoms with van der Waals surface area (Å²) in [7, 11) is 0. The normalized spacial score (nSPS) is 10.6. The van der Waals surface area contributed by atoms with Crippen LogP contribution in [0.25, 0.3) is 16.9 Å². The average molecular weight is 432 g/mol. The molecular weight excluding hydrogens is 411 g/mol. The number of ether oxygens (including phenoxy) is 1. The van der Waals surface area contributed by atoms with Gasteiger partial charge in [-0.15, -0.1) is 5.10 Å². The lowest BCUT2D eigenvalue weighted by molar-refractivity contribution is -0.212. The second-order valence-electron chi connectivity index (χ2n) is 6.97. The summed E-state index contributed by atoms with van der Waals surface area (Å²) in [5.41, 5.74) is 2.97. The molecule has 4 rings (SSSR count). The molecule has 0 N–H and O–H groups in total. The summed E-state index contributed by atoms with van der Waals surface area (Å²) in [6.45, 7) is 3.19. The van der Waals surface area contributed by atoms with E-state index in [4.69, 9.17) is 14.5 Å². The van der Waals surface area contributed by atoms with Crippen molar-refractivity contribution in [2.75, 3.05) is 0 Å². The van der Waals surface area contributed by atoms with Gasteiger partial charge >= 0.3 is 5.97 Å². The Hall–Kier alpha value is -4.13. The number of para-hydroxylation sites is 1. The summed E-state index contributed by atoms with van der Waals surface area (Å²) in [6, 6.07) is 23.0. The van der Waals surface area contributed by atoms with Crippen molar-refractivity contribution in [2.24, 2.45) is 0 Å². The predicted octanol–water partition coefficient (Wildman–Crippen LogP) is 5.89. The summed E-state index contributed by atoms with van der Waals surface area (Å²) in [4.78, 5) is 21.2. The summed E-state index contributed by atoms with van der Waals surface area (Å²) < 4.78 is 21.0. The molecular formula is C25H21FN2O4. The van der Waals surface area contributed by atoms with Crippen molar-refractivity contribution in [1.29, 1.82) is 0 Å². The Morgan fingerprint density at radius 3 is 2.22 bits per heavy atom. The second-order valence-corrected chi connectivity index (χ2v) is 6.97. The van der Waals surface area contributed by atoms with Crippen molar-refractivity contribution in [3.05, 3.63) is 90.2 Å². The molecule has 0 aliphatic heterocycles. The van der Waals surface area contributed by atoms with Gasteiger partial charge in [-0.05, 0) is 67.1 Å². The third-order valence-electron chi connectivity index (χ3n) is 4.72. The maximum Gasteiger partial charge on any atom is 0.352 e. The van der Waals surface area contributed by atoms with Crippen molar-refractivity contribution in [3.63, 3.8) is 0 Å². The highest BCUT2D eigenvalue weighted by Crippen LogP contribution is 2.35. The summed E-state index contributed by atoms with van der Waals surface area (Å²) in [5, 5.41) is 4.48. The average Bonchev–Trinajstić information content (AvgIpc) is 3.18. The molecule has 0 atom stereocenters. The summed E-state index contributed by atoms with van der Waals surface area (Å²) in [5.74, 6) is 0.654. The van der Waals surface area contributed by atoms with Crippen molar-refractivity contribution >= 4 is 5.97 Å². The fourth-order valence-electron chi connectivity index (χ4n) is 3.29. The molecule has 0 radical (unpaired) electrons. The first kappa shape index (κ1) is 21.1. The zero-order valence-electron chi connectivity index (χ0n) is 17.6. The van der Waals surface area contributed by atoms with Crippen LogP contribution in [-0.2, 0) is 16.1 Å². The summed E-state index contributed by atoms with van der Waals surface area (Å²) in [6.07, 6.45) is 0.565. The van der Waals surface area contributed by atoms with Crippen LogP contribution in [0.15, 0.2) is 78.9 Å². The molecule has 0 aliphatic rings.